The molecule has 9 heavy (non-hydrogen) atoms. The predicted molar refractivity (Wildman–Crippen MR) is 37.3 cm³/mol. The van der Waals surface area contributed by atoms with E-state index in [0.29, 0.717) is 0 Å². The number of aliphatic hydroxyl groups excluding tert-OH is 2. The van der Waals surface area contributed by atoms with Crippen LogP contribution >= 0.6 is 28.3 Å². The molecule has 1 unspecified atom stereocenters. The molecule has 3 nitrogen and oxygen atoms in total. The van der Waals surface area contributed by atoms with Crippen molar-refractivity contribution in [1.29, 1.82) is 0 Å². The SMILES string of the molecule is O=P(Cl)(Cl)CC(O)CO. The lowest BCUT2D eigenvalue weighted by molar-refractivity contribution is 0.112. The Labute approximate surface area is 62.5 Å². The molecule has 0 spiro atoms. The Hall–Kier alpha value is 0.730. The van der Waals surface area contributed by atoms with E-state index < -0.39 is 18.6 Å². The van der Waals surface area contributed by atoms with E-state index in [1.807, 2.05) is 0 Å². The predicted octanol–water partition coefficient (Wildman–Crippen LogP) is 1.01. The van der Waals surface area contributed by atoms with E-state index in [0.717, 1.165) is 0 Å². The molecule has 2 N–H and O–H groups in total. The fraction of sp³-hybridized carbons (Fsp3) is 1.00. The molecule has 0 saturated carbocycles. The zero-order valence-corrected chi connectivity index (χ0v) is 6.90. The maximum Gasteiger partial charge on any atom is 0.255 e. The molecule has 0 aliphatic heterocycles. The highest BCUT2D eigenvalue weighted by Crippen LogP contribution is 2.56. The van der Waals surface area contributed by atoms with E-state index in [1.165, 1.54) is 0 Å². The average Bonchev–Trinajstić information content (AvgIpc) is 1.62. The van der Waals surface area contributed by atoms with Crippen LogP contribution in [0.25, 0.3) is 0 Å². The molecule has 0 heterocycles. The molecule has 0 rings (SSSR count). The van der Waals surface area contributed by atoms with Crippen molar-refractivity contribution in [2.45, 2.75) is 6.10 Å². The maximum absolute atomic E-state index is 10.4. The van der Waals surface area contributed by atoms with Gasteiger partial charge in [-0.2, -0.15) is 0 Å². The first-order valence-corrected chi connectivity index (χ1v) is 5.93. The largest absolute Gasteiger partial charge is 0.394 e. The quantitative estimate of drug-likeness (QED) is 0.657. The second kappa shape index (κ2) is 3.79. The van der Waals surface area contributed by atoms with Crippen molar-refractivity contribution >= 4 is 28.3 Å². The topological polar surface area (TPSA) is 57.5 Å². The molecular formula is C3H7Cl2O3P. The molecule has 0 amide bonds. The Morgan fingerprint density at radius 2 is 2.00 bits per heavy atom. The van der Waals surface area contributed by atoms with Crippen LogP contribution in [0.3, 0.4) is 0 Å². The van der Waals surface area contributed by atoms with E-state index >= 15 is 0 Å². The van der Waals surface area contributed by atoms with Gasteiger partial charge in [-0.15, -0.1) is 0 Å². The Morgan fingerprint density at radius 1 is 1.56 bits per heavy atom. The zero-order valence-electron chi connectivity index (χ0n) is 4.50. The van der Waals surface area contributed by atoms with Crippen LogP contribution in [0.5, 0.6) is 0 Å². The van der Waals surface area contributed by atoms with Crippen molar-refractivity contribution in [2.24, 2.45) is 0 Å². The molecule has 0 aromatic heterocycles. The molecule has 0 bridgehead atoms. The van der Waals surface area contributed by atoms with E-state index in [2.05, 4.69) is 0 Å². The molecule has 0 aromatic rings. The minimum atomic E-state index is -3.20. The summed E-state index contributed by atoms with van der Waals surface area (Å²) >= 11 is 10.1. The van der Waals surface area contributed by atoms with E-state index in [4.69, 9.17) is 32.7 Å². The number of hydrogen-bond acceptors (Lipinski definition) is 3. The van der Waals surface area contributed by atoms with Gasteiger partial charge in [-0.1, -0.05) is 0 Å². The smallest absolute Gasteiger partial charge is 0.255 e. The van der Waals surface area contributed by atoms with Gasteiger partial charge in [0, 0.05) is 0 Å². The molecule has 0 radical (unpaired) electrons. The monoisotopic (exact) mass is 192 g/mol. The molecule has 0 aliphatic rings. The van der Waals surface area contributed by atoms with Crippen LogP contribution in [0.15, 0.2) is 0 Å². The summed E-state index contributed by atoms with van der Waals surface area (Å²) in [6.07, 6.45) is -1.34. The zero-order chi connectivity index (χ0) is 7.49. The van der Waals surface area contributed by atoms with Crippen LogP contribution in [-0.2, 0) is 4.57 Å². The van der Waals surface area contributed by atoms with Crippen molar-refractivity contribution in [3.05, 3.63) is 0 Å². The minimum Gasteiger partial charge on any atom is -0.394 e. The van der Waals surface area contributed by atoms with Gasteiger partial charge in [0.05, 0.1) is 18.9 Å². The Bertz CT molecular complexity index is 122. The first-order valence-electron chi connectivity index (χ1n) is 2.23. The van der Waals surface area contributed by atoms with Crippen LogP contribution in [-0.4, -0.2) is 29.1 Å². The summed E-state index contributed by atoms with van der Waals surface area (Å²) in [5.41, 5.74) is 0. The van der Waals surface area contributed by atoms with Gasteiger partial charge in [0.1, 0.15) is 0 Å². The third-order valence-corrected chi connectivity index (χ3v) is 2.31. The molecule has 0 fully saturated rings. The van der Waals surface area contributed by atoms with Crippen LogP contribution in [0.1, 0.15) is 0 Å². The molecule has 0 aromatic carbocycles. The summed E-state index contributed by atoms with van der Waals surface area (Å²) in [5.74, 6) is -3.20. The first-order chi connectivity index (χ1) is 3.95. The molecule has 1 atom stereocenters. The van der Waals surface area contributed by atoms with Crippen molar-refractivity contribution in [3.8, 4) is 0 Å². The van der Waals surface area contributed by atoms with Gasteiger partial charge in [0.2, 0.25) is 0 Å². The number of rotatable bonds is 3. The van der Waals surface area contributed by atoms with E-state index in [9.17, 15) is 4.57 Å². The minimum absolute atomic E-state index is 0.257. The lowest BCUT2D eigenvalue weighted by Gasteiger charge is -2.05. The van der Waals surface area contributed by atoms with Gasteiger partial charge in [-0.3, -0.25) is 4.57 Å². The fourth-order valence-corrected chi connectivity index (χ4v) is 1.87. The van der Waals surface area contributed by atoms with Crippen molar-refractivity contribution in [2.75, 3.05) is 12.8 Å². The van der Waals surface area contributed by atoms with Crippen LogP contribution in [0, 0.1) is 0 Å². The highest BCUT2D eigenvalue weighted by Gasteiger charge is 2.18. The number of hydrogen-bond donors (Lipinski definition) is 2. The fourth-order valence-electron chi connectivity index (χ4n) is 0.303. The van der Waals surface area contributed by atoms with Gasteiger partial charge in [0.25, 0.3) is 5.85 Å². The van der Waals surface area contributed by atoms with Crippen molar-refractivity contribution < 1.29 is 14.8 Å². The van der Waals surface area contributed by atoms with Crippen LogP contribution in [0.4, 0.5) is 0 Å². The maximum atomic E-state index is 10.4. The van der Waals surface area contributed by atoms with E-state index in [-0.39, 0.29) is 6.16 Å². The third kappa shape index (κ3) is 6.62. The number of halogens is 2. The summed E-state index contributed by atoms with van der Waals surface area (Å²) in [7, 11) is 0. The lowest BCUT2D eigenvalue weighted by Crippen LogP contribution is -2.14. The van der Waals surface area contributed by atoms with Gasteiger partial charge in [-0.25, -0.2) is 0 Å². The Balaban J connectivity index is 3.60. The summed E-state index contributed by atoms with van der Waals surface area (Å²) in [6.45, 7) is -0.469. The van der Waals surface area contributed by atoms with Gasteiger partial charge in [-0.05, 0) is 22.5 Å². The van der Waals surface area contributed by atoms with Crippen LogP contribution in [0.2, 0.25) is 0 Å². The highest BCUT2D eigenvalue weighted by atomic mass is 35.9. The van der Waals surface area contributed by atoms with Crippen molar-refractivity contribution in [3.63, 3.8) is 0 Å². The van der Waals surface area contributed by atoms with E-state index in [1.54, 1.807) is 0 Å². The van der Waals surface area contributed by atoms with Gasteiger partial charge < -0.3 is 10.2 Å². The summed E-state index contributed by atoms with van der Waals surface area (Å²) in [4.78, 5) is 0. The standard InChI is InChI=1S/C3H7Cl2O3P/c4-9(5,8)2-3(7)1-6/h3,6-7H,1-2H2. The Kier molecular flexibility index (Phi) is 4.10. The average molecular weight is 193 g/mol. The van der Waals surface area contributed by atoms with Gasteiger partial charge in [0.15, 0.2) is 0 Å². The summed E-state index contributed by atoms with van der Waals surface area (Å²) in [6, 6.07) is 0. The first kappa shape index (κ1) is 9.73. The lowest BCUT2D eigenvalue weighted by atomic mass is 10.4. The summed E-state index contributed by atoms with van der Waals surface area (Å²) in [5, 5.41) is 16.8. The summed E-state index contributed by atoms with van der Waals surface area (Å²) < 4.78 is 10.4. The molecule has 0 saturated heterocycles. The molecule has 0 aliphatic carbocycles. The van der Waals surface area contributed by atoms with Crippen molar-refractivity contribution in [1.82, 2.24) is 0 Å². The second-order valence-corrected chi connectivity index (χ2v) is 6.89. The molecular weight excluding hydrogens is 186 g/mol. The highest BCUT2D eigenvalue weighted by molar-refractivity contribution is 8.08. The second-order valence-electron chi connectivity index (χ2n) is 1.59. The number of aliphatic hydroxyl groups is 2. The van der Waals surface area contributed by atoms with Gasteiger partial charge >= 0.3 is 0 Å². The molecule has 56 valence electrons. The normalized spacial score (nSPS) is 15.6. The van der Waals surface area contributed by atoms with Crippen LogP contribution < -0.4 is 0 Å². The molecule has 6 heteroatoms. The Morgan fingerprint density at radius 3 is 2.11 bits per heavy atom. The third-order valence-electron chi connectivity index (χ3n) is 0.634.